The molecule has 1 aliphatic heterocycles. The van der Waals surface area contributed by atoms with Crippen LogP contribution in [0.15, 0.2) is 121 Å². The molecule has 5 aromatic carbocycles. The highest BCUT2D eigenvalue weighted by Gasteiger charge is 2.25. The molecular weight excluding hydrogens is 749 g/mol. The largest absolute Gasteiger partial charge is 0.490 e. The number of aromatic carboxylic acids is 1. The topological polar surface area (TPSA) is 200 Å². The Kier molecular flexibility index (Phi) is 12.0. The van der Waals surface area contributed by atoms with Crippen molar-refractivity contribution < 1.29 is 29.0 Å². The summed E-state index contributed by atoms with van der Waals surface area (Å²) in [5, 5.41) is 28.3. The zero-order valence-corrected chi connectivity index (χ0v) is 32.4. The number of benzene rings is 5. The van der Waals surface area contributed by atoms with Gasteiger partial charge in [0.2, 0.25) is 5.91 Å². The zero-order chi connectivity index (χ0) is 41.5. The number of nitrogens with one attached hydrogen (secondary N) is 3. The van der Waals surface area contributed by atoms with Gasteiger partial charge in [-0.05, 0) is 103 Å². The van der Waals surface area contributed by atoms with Gasteiger partial charge in [-0.25, -0.2) is 9.78 Å². The highest BCUT2D eigenvalue weighted by Crippen LogP contribution is 2.28. The molecule has 0 spiro atoms. The number of nitrogens with zero attached hydrogens (tertiary/aromatic N) is 4. The third kappa shape index (κ3) is 9.74. The third-order valence-electron chi connectivity index (χ3n) is 10.1. The van der Waals surface area contributed by atoms with Crippen molar-refractivity contribution in [3.05, 3.63) is 149 Å². The number of carboxylic acids is 1. The number of ether oxygens (including phenoxy) is 2. The number of carbonyl (C=O) groups excluding carboxylic acids is 2. The number of hydrogen-bond donors (Lipinski definition) is 5. The van der Waals surface area contributed by atoms with Gasteiger partial charge in [0.25, 0.3) is 5.91 Å². The Labute approximate surface area is 340 Å². The molecule has 1 aliphatic rings. The predicted octanol–water partition coefficient (Wildman–Crippen LogP) is 6.92. The molecule has 2 heterocycles. The normalized spacial score (nSPS) is 12.8. The average Bonchev–Trinajstić information content (AvgIpc) is 3.58. The van der Waals surface area contributed by atoms with Crippen molar-refractivity contribution in [3.8, 4) is 11.5 Å². The first-order valence-corrected chi connectivity index (χ1v) is 19.1. The number of carboxylic acid groups (broad SMARTS) is 1. The number of aromatic nitrogens is 2. The minimum atomic E-state index is -1.11. The monoisotopic (exact) mass is 792 g/mol. The molecule has 6 aromatic rings. The van der Waals surface area contributed by atoms with E-state index in [0.717, 1.165) is 31.5 Å². The maximum Gasteiger partial charge on any atom is 0.335 e. The van der Waals surface area contributed by atoms with Crippen LogP contribution in [0, 0.1) is 10.8 Å². The lowest BCUT2D eigenvalue weighted by Gasteiger charge is -2.33. The van der Waals surface area contributed by atoms with E-state index in [0.29, 0.717) is 57.7 Å². The van der Waals surface area contributed by atoms with E-state index in [9.17, 15) is 19.5 Å². The zero-order valence-electron chi connectivity index (χ0n) is 32.4. The number of likely N-dealkylation sites (tertiary alicyclic amines) is 1. The summed E-state index contributed by atoms with van der Waals surface area (Å²) in [5.41, 5.74) is 9.75. The molecule has 0 unspecified atom stereocenters. The number of anilines is 2. The van der Waals surface area contributed by atoms with Crippen LogP contribution in [0.1, 0.15) is 57.4 Å². The van der Waals surface area contributed by atoms with Crippen LogP contribution in [0.5, 0.6) is 11.5 Å². The summed E-state index contributed by atoms with van der Waals surface area (Å²) in [4.78, 5) is 48.0. The van der Waals surface area contributed by atoms with Crippen molar-refractivity contribution in [2.45, 2.75) is 45.6 Å². The van der Waals surface area contributed by atoms with Gasteiger partial charge in [0.05, 0.1) is 29.0 Å². The number of carbonyl (C=O) groups is 3. The molecule has 2 amide bonds. The van der Waals surface area contributed by atoms with E-state index in [1.165, 1.54) is 29.2 Å². The molecule has 7 rings (SSSR count). The lowest BCUT2D eigenvalue weighted by molar-refractivity contribution is -0.116. The fourth-order valence-corrected chi connectivity index (χ4v) is 6.90. The number of nitrogen functional groups attached to an aromatic ring is 1. The lowest BCUT2D eigenvalue weighted by atomic mass is 10.1. The lowest BCUT2D eigenvalue weighted by Crippen LogP contribution is -2.40. The number of hydrogen-bond acceptors (Lipinski definition) is 8. The van der Waals surface area contributed by atoms with E-state index in [1.54, 1.807) is 78.2 Å². The van der Waals surface area contributed by atoms with Gasteiger partial charge in [0.1, 0.15) is 42.4 Å². The molecule has 1 saturated heterocycles. The summed E-state index contributed by atoms with van der Waals surface area (Å²) in [7, 11) is 0. The van der Waals surface area contributed by atoms with Crippen molar-refractivity contribution in [2.24, 2.45) is 5.73 Å². The van der Waals surface area contributed by atoms with Crippen LogP contribution >= 0.6 is 0 Å². The smallest absolute Gasteiger partial charge is 0.335 e. The minimum Gasteiger partial charge on any atom is -0.490 e. The maximum atomic E-state index is 14.4. The number of amides is 2. The van der Waals surface area contributed by atoms with E-state index in [4.69, 9.17) is 31.0 Å². The van der Waals surface area contributed by atoms with Crippen LogP contribution in [-0.4, -0.2) is 68.2 Å². The van der Waals surface area contributed by atoms with E-state index in [1.807, 2.05) is 35.2 Å². The summed E-state index contributed by atoms with van der Waals surface area (Å²) < 4.78 is 13.9. The summed E-state index contributed by atoms with van der Waals surface area (Å²) in [6.45, 7) is 3.44. The average molecular weight is 793 g/mol. The van der Waals surface area contributed by atoms with Crippen molar-refractivity contribution in [1.82, 2.24) is 14.5 Å². The number of amidine groups is 2. The number of piperidine rings is 1. The highest BCUT2D eigenvalue weighted by atomic mass is 16.5. The minimum absolute atomic E-state index is 0.0150. The first-order valence-electron chi connectivity index (χ1n) is 19.1. The van der Waals surface area contributed by atoms with Gasteiger partial charge >= 0.3 is 5.97 Å². The Morgan fingerprint density at radius 3 is 2.14 bits per heavy atom. The molecule has 14 heteroatoms. The standard InChI is InChI=1S/C45H44N8O6/c1-29(46)51-23-21-38(22-24-51)59-37-18-14-35(15-19-37)52(44(55)31-7-9-32(10-8-31)45(56)57)26-41-50-39-25-33(43(47)48)11-20-40(39)53(41)27-42(54)49-34-12-16-36(17-13-34)58-28-30-5-3-2-4-6-30/h2-20,25,38,46H,21-24,26-28H2,1H3,(H3,47,48)(H,49,54)(H,56,57). The summed E-state index contributed by atoms with van der Waals surface area (Å²) >= 11 is 0. The molecule has 1 aromatic heterocycles. The van der Waals surface area contributed by atoms with Crippen molar-refractivity contribution in [3.63, 3.8) is 0 Å². The van der Waals surface area contributed by atoms with Crippen LogP contribution in [-0.2, 0) is 24.5 Å². The van der Waals surface area contributed by atoms with Gasteiger partial charge in [-0.1, -0.05) is 30.3 Å². The molecular formula is C45H44N8O6. The maximum absolute atomic E-state index is 14.4. The molecule has 0 atom stereocenters. The molecule has 1 fully saturated rings. The SMILES string of the molecule is CC(=N)N1CCC(Oc2ccc(N(Cc3nc4cc(C(=N)N)ccc4n3CC(=O)Nc3ccc(OCc4ccccc4)cc3)C(=O)c3ccc(C(=O)O)cc3)cc2)CC1. The highest BCUT2D eigenvalue weighted by molar-refractivity contribution is 6.06. The van der Waals surface area contributed by atoms with Crippen LogP contribution in [0.3, 0.4) is 0 Å². The molecule has 0 bridgehead atoms. The van der Waals surface area contributed by atoms with E-state index < -0.39 is 11.9 Å². The number of rotatable bonds is 14. The Bertz CT molecular complexity index is 2480. The van der Waals surface area contributed by atoms with Gasteiger partial charge in [-0.3, -0.25) is 20.4 Å². The first kappa shape index (κ1) is 39.7. The number of fused-ring (bicyclic) bond motifs is 1. The molecule has 59 heavy (non-hydrogen) atoms. The molecule has 0 aliphatic carbocycles. The summed E-state index contributed by atoms with van der Waals surface area (Å²) in [5.74, 6) is 0.182. The van der Waals surface area contributed by atoms with Crippen molar-refractivity contribution in [2.75, 3.05) is 23.3 Å². The van der Waals surface area contributed by atoms with Crippen molar-refractivity contribution in [1.29, 1.82) is 10.8 Å². The number of nitrogens with two attached hydrogens (primary N) is 1. The van der Waals surface area contributed by atoms with Gasteiger partial charge < -0.3 is 40.0 Å². The quantitative estimate of drug-likeness (QED) is 0.0574. The fourth-order valence-electron chi connectivity index (χ4n) is 6.90. The second-order valence-corrected chi connectivity index (χ2v) is 14.2. The predicted molar refractivity (Wildman–Crippen MR) is 226 cm³/mol. The van der Waals surface area contributed by atoms with Crippen LogP contribution in [0.4, 0.5) is 11.4 Å². The Morgan fingerprint density at radius 1 is 0.847 bits per heavy atom. The molecule has 0 saturated carbocycles. The van der Waals surface area contributed by atoms with E-state index in [2.05, 4.69) is 5.32 Å². The van der Waals surface area contributed by atoms with Crippen LogP contribution < -0.4 is 25.4 Å². The van der Waals surface area contributed by atoms with E-state index in [-0.39, 0.29) is 42.1 Å². The van der Waals surface area contributed by atoms with Gasteiger partial charge in [-0.15, -0.1) is 0 Å². The van der Waals surface area contributed by atoms with E-state index >= 15 is 0 Å². The van der Waals surface area contributed by atoms with Gasteiger partial charge in [-0.2, -0.15) is 0 Å². The fraction of sp³-hybridized carbons (Fsp3) is 0.200. The van der Waals surface area contributed by atoms with Crippen LogP contribution in [0.25, 0.3) is 11.0 Å². The number of imidazole rings is 1. The van der Waals surface area contributed by atoms with Crippen LogP contribution in [0.2, 0.25) is 0 Å². The summed E-state index contributed by atoms with van der Waals surface area (Å²) in [6, 6.07) is 34.8. The Hall–Kier alpha value is -7.48. The summed E-state index contributed by atoms with van der Waals surface area (Å²) in [6.07, 6.45) is 1.54. The first-order chi connectivity index (χ1) is 28.5. The Morgan fingerprint density at radius 2 is 1.49 bits per heavy atom. The molecule has 14 nitrogen and oxygen atoms in total. The van der Waals surface area contributed by atoms with Crippen molar-refractivity contribution >= 4 is 51.9 Å². The molecule has 300 valence electrons. The third-order valence-corrected chi connectivity index (χ3v) is 10.1. The van der Waals surface area contributed by atoms with Gasteiger partial charge in [0, 0.05) is 48.4 Å². The molecule has 0 radical (unpaired) electrons. The van der Waals surface area contributed by atoms with Gasteiger partial charge in [0.15, 0.2) is 0 Å². The second-order valence-electron chi connectivity index (χ2n) is 14.2. The Balaban J connectivity index is 1.15. The second kappa shape index (κ2) is 17.8. The molecule has 6 N–H and O–H groups in total.